The molecule has 3 aliphatic heterocycles. The molecule has 14 heteroatoms. The number of allylic oxidation sites excluding steroid dienone is 6. The molecular weight excluding hydrogens is 654 g/mol. The lowest BCUT2D eigenvalue weighted by molar-refractivity contribution is -0.308. The molecule has 0 aliphatic carbocycles. The Hall–Kier alpha value is -2.76. The molecule has 0 amide bonds. The monoisotopic (exact) mass is 709 g/mol. The van der Waals surface area contributed by atoms with Crippen molar-refractivity contribution in [2.24, 2.45) is 11.7 Å². The molecule has 2 bridgehead atoms. The Morgan fingerprint density at radius 2 is 1.66 bits per heavy atom. The Kier molecular flexibility index (Phi) is 16.9. The number of aliphatic hydroxyl groups is 6. The van der Waals surface area contributed by atoms with E-state index in [-0.39, 0.29) is 25.4 Å². The summed E-state index contributed by atoms with van der Waals surface area (Å²) >= 11 is 0. The van der Waals surface area contributed by atoms with E-state index in [1.165, 1.54) is 12.2 Å². The molecule has 0 radical (unpaired) electrons. The van der Waals surface area contributed by atoms with Crippen LogP contribution in [0.2, 0.25) is 0 Å². The van der Waals surface area contributed by atoms with Gasteiger partial charge in [-0.25, -0.2) is 4.79 Å². The molecule has 2 saturated heterocycles. The number of nitrogens with two attached hydrogens (primary N) is 1. The summed E-state index contributed by atoms with van der Waals surface area (Å²) < 4.78 is 23.2. The fourth-order valence-corrected chi connectivity index (χ4v) is 6.31. The number of carbonyl (C=O) groups excluding carboxylic acids is 1. The van der Waals surface area contributed by atoms with Crippen LogP contribution >= 0.6 is 0 Å². The molecule has 13 atom stereocenters. The van der Waals surface area contributed by atoms with Crippen LogP contribution in [0.3, 0.4) is 0 Å². The first-order valence-corrected chi connectivity index (χ1v) is 17.4. The largest absolute Gasteiger partial charge is 0.481 e. The number of carboxylic acid groups (broad SMARTS) is 1. The van der Waals surface area contributed by atoms with Gasteiger partial charge in [-0.3, -0.25) is 4.79 Å². The third-order valence-electron chi connectivity index (χ3n) is 9.01. The first kappa shape index (κ1) is 41.7. The van der Waals surface area contributed by atoms with E-state index >= 15 is 0 Å². The van der Waals surface area contributed by atoms with Crippen LogP contribution in [0.5, 0.6) is 0 Å². The van der Waals surface area contributed by atoms with Crippen molar-refractivity contribution in [2.45, 2.75) is 145 Å². The molecule has 0 spiro atoms. The zero-order chi connectivity index (χ0) is 36.8. The Morgan fingerprint density at radius 3 is 2.36 bits per heavy atom. The third-order valence-corrected chi connectivity index (χ3v) is 9.01. The summed E-state index contributed by atoms with van der Waals surface area (Å²) in [7, 11) is 0. The van der Waals surface area contributed by atoms with Gasteiger partial charge in [-0.15, -0.1) is 0 Å². The van der Waals surface area contributed by atoms with Crippen molar-refractivity contribution in [3.63, 3.8) is 0 Å². The average Bonchev–Trinajstić information content (AvgIpc) is 3.02. The van der Waals surface area contributed by atoms with E-state index in [9.17, 15) is 45.3 Å². The van der Waals surface area contributed by atoms with Gasteiger partial charge in [0, 0.05) is 31.8 Å². The molecule has 9 N–H and O–H groups in total. The number of aliphatic carboxylic acids is 1. The molecule has 50 heavy (non-hydrogen) atoms. The zero-order valence-electron chi connectivity index (χ0n) is 28.7. The highest BCUT2D eigenvalue weighted by molar-refractivity contribution is 5.82. The molecule has 3 rings (SSSR count). The van der Waals surface area contributed by atoms with Crippen LogP contribution in [0.15, 0.2) is 60.8 Å². The summed E-state index contributed by atoms with van der Waals surface area (Å²) in [5.74, 6) is -5.60. The van der Waals surface area contributed by atoms with Crippen molar-refractivity contribution < 1.29 is 64.3 Å². The van der Waals surface area contributed by atoms with Crippen LogP contribution in [-0.4, -0.2) is 121 Å². The normalized spacial score (nSPS) is 43.0. The third kappa shape index (κ3) is 13.1. The SMILES string of the molecule is CCCC[C@@H]1C/C=C/C=C/C=C/C=C/[C@H](O[C@@H]2O[C@H](C)[C@@H](O)[C@@H](N)[C@H]2O)C[C@@H]2O[C@@](O)(C[C@H](O)C[C@H](O)C/C=C/C(=O)O1)C[C@H](O)[C@H]2C(=O)O. The van der Waals surface area contributed by atoms with Gasteiger partial charge in [0.15, 0.2) is 12.1 Å². The van der Waals surface area contributed by atoms with Gasteiger partial charge in [-0.2, -0.15) is 0 Å². The summed E-state index contributed by atoms with van der Waals surface area (Å²) in [4.78, 5) is 24.7. The smallest absolute Gasteiger partial charge is 0.330 e. The Balaban J connectivity index is 1.91. The first-order chi connectivity index (χ1) is 23.7. The quantitative estimate of drug-likeness (QED) is 0.181. The van der Waals surface area contributed by atoms with Crippen molar-refractivity contribution in [3.8, 4) is 0 Å². The second-order valence-corrected chi connectivity index (χ2v) is 13.3. The van der Waals surface area contributed by atoms with Crippen molar-refractivity contribution in [3.05, 3.63) is 60.8 Å². The van der Waals surface area contributed by atoms with Crippen LogP contribution < -0.4 is 5.73 Å². The molecule has 0 saturated carbocycles. The minimum atomic E-state index is -2.18. The number of carbonyl (C=O) groups is 2. The standard InChI is InChI=1S/C36H55NO13/c1-3-4-14-25-15-10-8-6-5-7-9-11-16-26(49-35-33(43)31(37)32(42)22(2)47-35)19-28-30(34(44)45)27(40)21-36(46,50-28)20-24(39)18-23(38)13-12-17-29(41)48-25/h5-12,16-17,22-28,30-33,35,38-40,42-43,46H,3-4,13-15,18-21,37H2,1-2H3,(H,44,45)/b6-5+,9-7+,10-8+,16-11+,17-12+/t22-,23-,24-,25-,26+,27+,28+,30-,31-,32-,33-,35+,36+/m1/s1. The van der Waals surface area contributed by atoms with E-state index in [0.29, 0.717) is 12.8 Å². The number of ether oxygens (including phenoxy) is 4. The predicted molar refractivity (Wildman–Crippen MR) is 181 cm³/mol. The van der Waals surface area contributed by atoms with Crippen molar-refractivity contribution in [2.75, 3.05) is 0 Å². The first-order valence-electron chi connectivity index (χ1n) is 17.4. The van der Waals surface area contributed by atoms with Crippen LogP contribution in [0, 0.1) is 5.92 Å². The lowest BCUT2D eigenvalue weighted by Gasteiger charge is -2.45. The van der Waals surface area contributed by atoms with Crippen molar-refractivity contribution in [1.29, 1.82) is 0 Å². The Bertz CT molecular complexity index is 1220. The number of unbranched alkanes of at least 4 members (excludes halogenated alkanes) is 1. The molecule has 0 aromatic rings. The van der Waals surface area contributed by atoms with Gasteiger partial charge in [-0.05, 0) is 26.2 Å². The van der Waals surface area contributed by atoms with Gasteiger partial charge in [0.2, 0.25) is 0 Å². The van der Waals surface area contributed by atoms with Gasteiger partial charge < -0.3 is 60.4 Å². The number of hydrogen-bond donors (Lipinski definition) is 8. The number of fused-ring (bicyclic) bond motifs is 2. The summed E-state index contributed by atoms with van der Waals surface area (Å²) in [5, 5.41) is 74.5. The van der Waals surface area contributed by atoms with E-state index in [1.54, 1.807) is 43.4 Å². The maximum absolute atomic E-state index is 12.4. The van der Waals surface area contributed by atoms with E-state index < -0.39 is 97.6 Å². The second-order valence-electron chi connectivity index (χ2n) is 13.3. The fourth-order valence-electron chi connectivity index (χ4n) is 6.31. The maximum atomic E-state index is 12.4. The summed E-state index contributed by atoms with van der Waals surface area (Å²) in [5.41, 5.74) is 5.98. The summed E-state index contributed by atoms with van der Waals surface area (Å²) in [6.07, 6.45) is 6.71. The molecular formula is C36H55NO13. The topological polar surface area (TPSA) is 239 Å². The van der Waals surface area contributed by atoms with E-state index in [2.05, 4.69) is 0 Å². The zero-order valence-corrected chi connectivity index (χ0v) is 28.7. The molecule has 0 aromatic heterocycles. The van der Waals surface area contributed by atoms with Crippen molar-refractivity contribution >= 4 is 11.9 Å². The molecule has 3 aliphatic rings. The van der Waals surface area contributed by atoms with Crippen LogP contribution in [0.4, 0.5) is 0 Å². The molecule has 282 valence electrons. The van der Waals surface area contributed by atoms with Crippen molar-refractivity contribution in [1.82, 2.24) is 0 Å². The number of esters is 1. The predicted octanol–water partition coefficient (Wildman–Crippen LogP) is 1.27. The molecule has 0 unspecified atom stereocenters. The number of carboxylic acids is 1. The van der Waals surface area contributed by atoms with E-state index in [4.69, 9.17) is 24.7 Å². The summed E-state index contributed by atoms with van der Waals surface area (Å²) in [6, 6.07) is -1.09. The number of cyclic esters (lactones) is 1. The van der Waals surface area contributed by atoms with Gasteiger partial charge >= 0.3 is 11.9 Å². The maximum Gasteiger partial charge on any atom is 0.330 e. The van der Waals surface area contributed by atoms with Gasteiger partial charge in [0.25, 0.3) is 0 Å². The Labute approximate surface area is 293 Å². The highest BCUT2D eigenvalue weighted by atomic mass is 16.7. The van der Waals surface area contributed by atoms with Gasteiger partial charge in [0.1, 0.15) is 18.1 Å². The molecule has 3 heterocycles. The van der Waals surface area contributed by atoms with E-state index in [0.717, 1.165) is 12.8 Å². The summed E-state index contributed by atoms with van der Waals surface area (Å²) in [6.45, 7) is 3.61. The number of hydrogen-bond acceptors (Lipinski definition) is 13. The lowest BCUT2D eigenvalue weighted by Crippen LogP contribution is -2.61. The van der Waals surface area contributed by atoms with Gasteiger partial charge in [-0.1, -0.05) is 74.4 Å². The number of aliphatic hydroxyl groups excluding tert-OH is 5. The minimum Gasteiger partial charge on any atom is -0.481 e. The highest BCUT2D eigenvalue weighted by Gasteiger charge is 2.50. The van der Waals surface area contributed by atoms with Crippen LogP contribution in [0.1, 0.15) is 71.6 Å². The minimum absolute atomic E-state index is 0.00930. The van der Waals surface area contributed by atoms with Crippen LogP contribution in [-0.2, 0) is 28.5 Å². The lowest BCUT2D eigenvalue weighted by atomic mass is 9.83. The number of rotatable bonds is 6. The Morgan fingerprint density at radius 1 is 0.960 bits per heavy atom. The molecule has 2 fully saturated rings. The average molecular weight is 710 g/mol. The molecule has 14 nitrogen and oxygen atoms in total. The second kappa shape index (κ2) is 20.3. The molecule has 0 aromatic carbocycles. The van der Waals surface area contributed by atoms with Gasteiger partial charge in [0.05, 0.1) is 48.8 Å². The highest BCUT2D eigenvalue weighted by Crippen LogP contribution is 2.38. The van der Waals surface area contributed by atoms with Crippen LogP contribution in [0.25, 0.3) is 0 Å². The fraction of sp³-hybridized carbons (Fsp3) is 0.667. The van der Waals surface area contributed by atoms with E-state index in [1.807, 2.05) is 19.1 Å².